The second-order valence-corrected chi connectivity index (χ2v) is 5.34. The van der Waals surface area contributed by atoms with Gasteiger partial charge < -0.3 is 10.4 Å². The van der Waals surface area contributed by atoms with Crippen LogP contribution in [-0.2, 0) is 0 Å². The molecule has 106 valence electrons. The van der Waals surface area contributed by atoms with Crippen LogP contribution in [-0.4, -0.2) is 5.11 Å². The average Bonchev–Trinajstić information content (AvgIpc) is 2.36. The SMILES string of the molecule is Cc1cc(C)c(NC(C)c2cc(F)ccc2O)c(C)c1. The largest absolute Gasteiger partial charge is 0.508 e. The molecule has 0 saturated carbocycles. The van der Waals surface area contributed by atoms with Crippen molar-refractivity contribution >= 4 is 5.69 Å². The molecule has 0 heterocycles. The zero-order chi connectivity index (χ0) is 14.9. The second-order valence-electron chi connectivity index (χ2n) is 5.34. The highest BCUT2D eigenvalue weighted by Gasteiger charge is 2.13. The molecular weight excluding hydrogens is 253 g/mol. The number of aryl methyl sites for hydroxylation is 3. The number of hydrogen-bond acceptors (Lipinski definition) is 2. The lowest BCUT2D eigenvalue weighted by molar-refractivity contribution is 0.462. The lowest BCUT2D eigenvalue weighted by atomic mass is 10.0. The van der Waals surface area contributed by atoms with Crippen LogP contribution in [0.1, 0.15) is 35.2 Å². The zero-order valence-electron chi connectivity index (χ0n) is 12.3. The standard InChI is InChI=1S/C17H20FNO/c1-10-7-11(2)17(12(3)8-10)19-13(4)15-9-14(18)5-6-16(15)20/h5-9,13,19-20H,1-4H3. The minimum atomic E-state index is -0.344. The summed E-state index contributed by atoms with van der Waals surface area (Å²) in [6.07, 6.45) is 0. The molecule has 2 nitrogen and oxygen atoms in total. The van der Waals surface area contributed by atoms with E-state index in [4.69, 9.17) is 0 Å². The van der Waals surface area contributed by atoms with Gasteiger partial charge >= 0.3 is 0 Å². The third-order valence-electron chi connectivity index (χ3n) is 3.49. The lowest BCUT2D eigenvalue weighted by Crippen LogP contribution is -2.09. The highest BCUT2D eigenvalue weighted by atomic mass is 19.1. The number of anilines is 1. The summed E-state index contributed by atoms with van der Waals surface area (Å²) in [5.74, 6) is -0.238. The molecule has 0 saturated heterocycles. The van der Waals surface area contributed by atoms with Gasteiger partial charge in [0.15, 0.2) is 0 Å². The molecule has 2 N–H and O–H groups in total. The maximum Gasteiger partial charge on any atom is 0.123 e. The van der Waals surface area contributed by atoms with Crippen molar-refractivity contribution in [3.05, 3.63) is 58.4 Å². The Morgan fingerprint density at radius 2 is 1.65 bits per heavy atom. The van der Waals surface area contributed by atoms with Crippen molar-refractivity contribution < 1.29 is 9.50 Å². The predicted octanol–water partition coefficient (Wildman–Crippen LogP) is 4.63. The Hall–Kier alpha value is -2.03. The van der Waals surface area contributed by atoms with Gasteiger partial charge in [-0.2, -0.15) is 0 Å². The number of benzene rings is 2. The number of rotatable bonds is 3. The van der Waals surface area contributed by atoms with Crippen LogP contribution in [0, 0.1) is 26.6 Å². The first kappa shape index (κ1) is 14.4. The highest BCUT2D eigenvalue weighted by Crippen LogP contribution is 2.30. The first-order valence-electron chi connectivity index (χ1n) is 6.71. The van der Waals surface area contributed by atoms with Gasteiger partial charge in [0.05, 0.1) is 6.04 Å². The quantitative estimate of drug-likeness (QED) is 0.854. The molecule has 0 radical (unpaired) electrons. The third-order valence-corrected chi connectivity index (χ3v) is 3.49. The van der Waals surface area contributed by atoms with Crippen LogP contribution in [0.5, 0.6) is 5.75 Å². The van der Waals surface area contributed by atoms with Crippen LogP contribution < -0.4 is 5.32 Å². The number of hydrogen-bond donors (Lipinski definition) is 2. The molecular formula is C17H20FNO. The molecule has 0 aliphatic carbocycles. The van der Waals surface area contributed by atoms with Gasteiger partial charge in [-0.25, -0.2) is 4.39 Å². The predicted molar refractivity (Wildman–Crippen MR) is 80.8 cm³/mol. The number of nitrogens with one attached hydrogen (secondary N) is 1. The molecule has 0 aromatic heterocycles. The first-order valence-corrected chi connectivity index (χ1v) is 6.71. The molecule has 1 atom stereocenters. The van der Waals surface area contributed by atoms with Crippen molar-refractivity contribution in [3.8, 4) is 5.75 Å². The van der Waals surface area contributed by atoms with E-state index >= 15 is 0 Å². The third kappa shape index (κ3) is 2.93. The van der Waals surface area contributed by atoms with E-state index in [1.54, 1.807) is 0 Å². The zero-order valence-corrected chi connectivity index (χ0v) is 12.3. The van der Waals surface area contributed by atoms with Crippen molar-refractivity contribution in [3.63, 3.8) is 0 Å². The van der Waals surface area contributed by atoms with Gasteiger partial charge in [-0.15, -0.1) is 0 Å². The van der Waals surface area contributed by atoms with Crippen LogP contribution in [0.4, 0.5) is 10.1 Å². The van der Waals surface area contributed by atoms with Gasteiger partial charge in [0.1, 0.15) is 11.6 Å². The first-order chi connectivity index (χ1) is 9.38. The maximum absolute atomic E-state index is 13.3. The summed E-state index contributed by atoms with van der Waals surface area (Å²) in [6, 6.07) is 8.05. The minimum Gasteiger partial charge on any atom is -0.508 e. The molecule has 0 spiro atoms. The molecule has 0 aliphatic rings. The van der Waals surface area contributed by atoms with Crippen LogP contribution in [0.2, 0.25) is 0 Å². The Morgan fingerprint density at radius 3 is 2.25 bits per heavy atom. The van der Waals surface area contributed by atoms with Crippen molar-refractivity contribution in [1.82, 2.24) is 0 Å². The molecule has 2 aromatic rings. The summed E-state index contributed by atoms with van der Waals surface area (Å²) >= 11 is 0. The highest BCUT2D eigenvalue weighted by molar-refractivity contribution is 5.59. The molecule has 2 rings (SSSR count). The lowest BCUT2D eigenvalue weighted by Gasteiger charge is -2.20. The van der Waals surface area contributed by atoms with Crippen molar-refractivity contribution in [1.29, 1.82) is 0 Å². The van der Waals surface area contributed by atoms with Crippen LogP contribution in [0.15, 0.2) is 30.3 Å². The van der Waals surface area contributed by atoms with E-state index in [2.05, 4.69) is 24.4 Å². The summed E-state index contributed by atoms with van der Waals surface area (Å²) in [6.45, 7) is 8.06. The Labute approximate surface area is 119 Å². The normalized spacial score (nSPS) is 12.2. The Morgan fingerprint density at radius 1 is 1.05 bits per heavy atom. The second kappa shape index (κ2) is 5.53. The molecule has 20 heavy (non-hydrogen) atoms. The van der Waals surface area contributed by atoms with Crippen LogP contribution in [0.3, 0.4) is 0 Å². The van der Waals surface area contributed by atoms with E-state index in [-0.39, 0.29) is 17.6 Å². The van der Waals surface area contributed by atoms with E-state index in [1.807, 2.05) is 20.8 Å². The Balaban J connectivity index is 2.32. The monoisotopic (exact) mass is 273 g/mol. The smallest absolute Gasteiger partial charge is 0.123 e. The van der Waals surface area contributed by atoms with E-state index in [9.17, 15) is 9.50 Å². The van der Waals surface area contributed by atoms with Crippen molar-refractivity contribution in [2.24, 2.45) is 0 Å². The number of halogens is 1. The summed E-state index contributed by atoms with van der Waals surface area (Å²) in [5, 5.41) is 13.2. The van der Waals surface area contributed by atoms with Gasteiger partial charge in [-0.3, -0.25) is 0 Å². The summed E-state index contributed by atoms with van der Waals surface area (Å²) in [4.78, 5) is 0. The Bertz CT molecular complexity index is 614. The summed E-state index contributed by atoms with van der Waals surface area (Å²) in [7, 11) is 0. The van der Waals surface area contributed by atoms with Gasteiger partial charge in [0.25, 0.3) is 0 Å². The summed E-state index contributed by atoms with van der Waals surface area (Å²) in [5.41, 5.74) is 5.10. The summed E-state index contributed by atoms with van der Waals surface area (Å²) < 4.78 is 13.3. The topological polar surface area (TPSA) is 32.3 Å². The number of aromatic hydroxyl groups is 1. The Kier molecular flexibility index (Phi) is 3.98. The molecule has 0 fully saturated rings. The maximum atomic E-state index is 13.3. The van der Waals surface area contributed by atoms with Crippen LogP contribution in [0.25, 0.3) is 0 Å². The van der Waals surface area contributed by atoms with Gasteiger partial charge in [0, 0.05) is 11.3 Å². The van der Waals surface area contributed by atoms with Gasteiger partial charge in [-0.05, 0) is 57.0 Å². The van der Waals surface area contributed by atoms with E-state index < -0.39 is 0 Å². The van der Waals surface area contributed by atoms with Crippen molar-refractivity contribution in [2.45, 2.75) is 33.7 Å². The molecule has 2 aromatic carbocycles. The fourth-order valence-corrected chi connectivity index (χ4v) is 2.57. The number of phenolic OH excluding ortho intramolecular Hbond substituents is 1. The average molecular weight is 273 g/mol. The van der Waals surface area contributed by atoms with E-state index in [0.717, 1.165) is 16.8 Å². The fourth-order valence-electron chi connectivity index (χ4n) is 2.57. The fraction of sp³-hybridized carbons (Fsp3) is 0.294. The van der Waals surface area contributed by atoms with E-state index in [1.165, 1.54) is 23.8 Å². The van der Waals surface area contributed by atoms with E-state index in [0.29, 0.717) is 5.56 Å². The van der Waals surface area contributed by atoms with Gasteiger partial charge in [0.2, 0.25) is 0 Å². The van der Waals surface area contributed by atoms with Gasteiger partial charge in [-0.1, -0.05) is 17.7 Å². The molecule has 1 unspecified atom stereocenters. The molecule has 0 aliphatic heterocycles. The molecule has 3 heteroatoms. The number of phenols is 1. The minimum absolute atomic E-state index is 0.105. The van der Waals surface area contributed by atoms with Crippen LogP contribution >= 0.6 is 0 Å². The molecule has 0 amide bonds. The molecule has 0 bridgehead atoms. The van der Waals surface area contributed by atoms with Crippen molar-refractivity contribution in [2.75, 3.05) is 5.32 Å².